The number of hydrogen-bond donors (Lipinski definition) is 1. The van der Waals surface area contributed by atoms with Crippen LogP contribution in [-0.4, -0.2) is 36.0 Å². The number of carbonyl (C=O) groups excluding carboxylic acids is 1. The summed E-state index contributed by atoms with van der Waals surface area (Å²) in [6, 6.07) is 3.47. The first-order chi connectivity index (χ1) is 12.1. The molecule has 1 aromatic rings. The highest BCUT2D eigenvalue weighted by molar-refractivity contribution is 5.91. The molecule has 1 aromatic carbocycles. The first-order valence-corrected chi connectivity index (χ1v) is 8.80. The molecular weight excluding hydrogens is 345 g/mol. The molecule has 0 aromatic heterocycles. The Labute approximate surface area is 151 Å². The van der Waals surface area contributed by atoms with Gasteiger partial charge in [0.15, 0.2) is 0 Å². The molecule has 3 rings (SSSR count). The van der Waals surface area contributed by atoms with Crippen LogP contribution in [-0.2, 0) is 11.0 Å². The van der Waals surface area contributed by atoms with Gasteiger partial charge < -0.3 is 15.0 Å². The number of nitrogens with zero attached hydrogens (tertiary/aromatic N) is 1. The SMILES string of the molecule is CCNCC1=C(N2CCCC2=O)c2cc(C(F)(F)F)ccc2OC1(C)C. The zero-order valence-electron chi connectivity index (χ0n) is 15.2. The summed E-state index contributed by atoms with van der Waals surface area (Å²) in [6.45, 7) is 7.36. The van der Waals surface area contributed by atoms with E-state index < -0.39 is 17.3 Å². The molecule has 0 radical (unpaired) electrons. The lowest BCUT2D eigenvalue weighted by Gasteiger charge is -2.40. The van der Waals surface area contributed by atoms with E-state index in [1.54, 1.807) is 4.90 Å². The molecule has 1 amide bonds. The maximum absolute atomic E-state index is 13.2. The van der Waals surface area contributed by atoms with Gasteiger partial charge in [-0.05, 0) is 45.0 Å². The molecular formula is C19H23F3N2O2. The fourth-order valence-electron chi connectivity index (χ4n) is 3.50. The fraction of sp³-hybridized carbons (Fsp3) is 0.526. The Bertz CT molecular complexity index is 754. The van der Waals surface area contributed by atoms with Crippen molar-refractivity contribution >= 4 is 11.6 Å². The van der Waals surface area contributed by atoms with Gasteiger partial charge in [0.25, 0.3) is 0 Å². The van der Waals surface area contributed by atoms with E-state index >= 15 is 0 Å². The molecule has 0 bridgehead atoms. The lowest BCUT2D eigenvalue weighted by molar-refractivity contribution is -0.137. The van der Waals surface area contributed by atoms with Crippen LogP contribution in [0.15, 0.2) is 23.8 Å². The van der Waals surface area contributed by atoms with Gasteiger partial charge in [-0.3, -0.25) is 4.79 Å². The second-order valence-corrected chi connectivity index (χ2v) is 7.08. The minimum absolute atomic E-state index is 0.0601. The summed E-state index contributed by atoms with van der Waals surface area (Å²) in [7, 11) is 0. The Morgan fingerprint density at radius 2 is 2.04 bits per heavy atom. The Morgan fingerprint density at radius 3 is 2.62 bits per heavy atom. The van der Waals surface area contributed by atoms with Gasteiger partial charge in [-0.15, -0.1) is 0 Å². The summed E-state index contributed by atoms with van der Waals surface area (Å²) in [6.07, 6.45) is -3.34. The average Bonchev–Trinajstić information content (AvgIpc) is 2.96. The van der Waals surface area contributed by atoms with Crippen molar-refractivity contribution in [3.8, 4) is 5.75 Å². The molecule has 1 N–H and O–H groups in total. The number of likely N-dealkylation sites (tertiary alicyclic amines) is 1. The zero-order chi connectivity index (χ0) is 19.1. The summed E-state index contributed by atoms with van der Waals surface area (Å²) in [5.41, 5.74) is 0.216. The molecule has 4 nitrogen and oxygen atoms in total. The molecule has 2 heterocycles. The van der Waals surface area contributed by atoms with Crippen LogP contribution in [0.3, 0.4) is 0 Å². The fourth-order valence-corrected chi connectivity index (χ4v) is 3.50. The minimum Gasteiger partial charge on any atom is -0.483 e. The summed E-state index contributed by atoms with van der Waals surface area (Å²) in [5.74, 6) is 0.313. The average molecular weight is 368 g/mol. The second kappa shape index (κ2) is 6.61. The van der Waals surface area contributed by atoms with E-state index in [0.717, 1.165) is 17.7 Å². The topological polar surface area (TPSA) is 41.6 Å². The van der Waals surface area contributed by atoms with Crippen LogP contribution in [0.5, 0.6) is 5.75 Å². The predicted octanol–water partition coefficient (Wildman–Crippen LogP) is 3.82. The zero-order valence-corrected chi connectivity index (χ0v) is 15.2. The van der Waals surface area contributed by atoms with E-state index in [2.05, 4.69) is 5.32 Å². The van der Waals surface area contributed by atoms with Gasteiger partial charge in [-0.1, -0.05) is 6.92 Å². The van der Waals surface area contributed by atoms with Gasteiger partial charge >= 0.3 is 6.18 Å². The van der Waals surface area contributed by atoms with Crippen LogP contribution in [0.1, 0.15) is 44.7 Å². The van der Waals surface area contributed by atoms with Crippen molar-refractivity contribution in [2.45, 2.75) is 45.4 Å². The van der Waals surface area contributed by atoms with E-state index in [4.69, 9.17) is 4.74 Å². The van der Waals surface area contributed by atoms with Gasteiger partial charge in [-0.2, -0.15) is 13.2 Å². The van der Waals surface area contributed by atoms with Crippen molar-refractivity contribution in [3.05, 3.63) is 34.9 Å². The Hall–Kier alpha value is -2.02. The molecule has 26 heavy (non-hydrogen) atoms. The molecule has 0 unspecified atom stereocenters. The van der Waals surface area contributed by atoms with Crippen LogP contribution in [0.25, 0.3) is 5.70 Å². The third kappa shape index (κ3) is 3.32. The van der Waals surface area contributed by atoms with Gasteiger partial charge in [0.05, 0.1) is 11.3 Å². The van der Waals surface area contributed by atoms with Gasteiger partial charge in [0.2, 0.25) is 5.91 Å². The highest BCUT2D eigenvalue weighted by Gasteiger charge is 2.41. The quantitative estimate of drug-likeness (QED) is 0.879. The molecule has 0 spiro atoms. The summed E-state index contributed by atoms with van der Waals surface area (Å²) < 4.78 is 45.7. The standard InChI is InChI=1S/C19H23F3N2O2/c1-4-23-11-14-17(24-9-5-6-16(24)25)13-10-12(19(20,21)22)7-8-15(13)26-18(14,2)3/h7-8,10,23H,4-6,9,11H2,1-3H3. The van der Waals surface area contributed by atoms with Crippen molar-refractivity contribution in [2.75, 3.05) is 19.6 Å². The number of hydrogen-bond acceptors (Lipinski definition) is 3. The van der Waals surface area contributed by atoms with Gasteiger partial charge in [-0.25, -0.2) is 0 Å². The predicted molar refractivity (Wildman–Crippen MR) is 92.6 cm³/mol. The third-order valence-electron chi connectivity index (χ3n) is 4.83. The highest BCUT2D eigenvalue weighted by atomic mass is 19.4. The number of benzene rings is 1. The van der Waals surface area contributed by atoms with E-state index in [9.17, 15) is 18.0 Å². The van der Waals surface area contributed by atoms with Crippen molar-refractivity contribution in [1.82, 2.24) is 10.2 Å². The number of alkyl halides is 3. The van der Waals surface area contributed by atoms with E-state index in [1.807, 2.05) is 20.8 Å². The highest BCUT2D eigenvalue weighted by Crippen LogP contribution is 2.45. The van der Waals surface area contributed by atoms with Gasteiger partial charge in [0, 0.05) is 30.6 Å². The maximum Gasteiger partial charge on any atom is 0.416 e. The number of carbonyl (C=O) groups is 1. The van der Waals surface area contributed by atoms with E-state index in [1.165, 1.54) is 6.07 Å². The lowest BCUT2D eigenvalue weighted by Crippen LogP contribution is -2.42. The first-order valence-electron chi connectivity index (χ1n) is 8.80. The molecule has 1 fully saturated rings. The Kier molecular flexibility index (Phi) is 4.77. The molecule has 142 valence electrons. The summed E-state index contributed by atoms with van der Waals surface area (Å²) in [5, 5.41) is 3.22. The van der Waals surface area contributed by atoms with Crippen LogP contribution in [0, 0.1) is 0 Å². The first kappa shape index (κ1) is 18.8. The molecule has 2 aliphatic heterocycles. The molecule has 0 saturated carbocycles. The van der Waals surface area contributed by atoms with Crippen molar-refractivity contribution in [1.29, 1.82) is 0 Å². The molecule has 0 atom stereocenters. The smallest absolute Gasteiger partial charge is 0.416 e. The molecule has 2 aliphatic rings. The van der Waals surface area contributed by atoms with Crippen molar-refractivity contribution < 1.29 is 22.7 Å². The molecule has 7 heteroatoms. The van der Waals surface area contributed by atoms with Crippen LogP contribution >= 0.6 is 0 Å². The number of nitrogens with one attached hydrogen (secondary N) is 1. The van der Waals surface area contributed by atoms with Crippen LogP contribution in [0.2, 0.25) is 0 Å². The molecule has 0 aliphatic carbocycles. The Morgan fingerprint density at radius 1 is 1.31 bits per heavy atom. The summed E-state index contributed by atoms with van der Waals surface area (Å²) in [4.78, 5) is 14.0. The number of halogens is 3. The van der Waals surface area contributed by atoms with E-state index in [-0.39, 0.29) is 5.91 Å². The molecule has 1 saturated heterocycles. The van der Waals surface area contributed by atoms with Crippen LogP contribution < -0.4 is 10.1 Å². The van der Waals surface area contributed by atoms with Crippen LogP contribution in [0.4, 0.5) is 13.2 Å². The minimum atomic E-state index is -4.45. The number of amides is 1. The summed E-state index contributed by atoms with van der Waals surface area (Å²) >= 11 is 0. The van der Waals surface area contributed by atoms with Gasteiger partial charge in [0.1, 0.15) is 11.4 Å². The normalized spacial score (nSPS) is 19.6. The second-order valence-electron chi connectivity index (χ2n) is 7.08. The monoisotopic (exact) mass is 368 g/mol. The third-order valence-corrected chi connectivity index (χ3v) is 4.83. The number of rotatable bonds is 4. The number of fused-ring (bicyclic) bond motifs is 1. The largest absolute Gasteiger partial charge is 0.483 e. The lowest BCUT2D eigenvalue weighted by atomic mass is 9.88. The number of likely N-dealkylation sites (N-methyl/N-ethyl adjacent to an activating group) is 1. The maximum atomic E-state index is 13.2. The Balaban J connectivity index is 2.22. The van der Waals surface area contributed by atoms with Crippen molar-refractivity contribution in [3.63, 3.8) is 0 Å². The van der Waals surface area contributed by atoms with E-state index in [0.29, 0.717) is 49.5 Å². The number of ether oxygens (including phenoxy) is 1. The van der Waals surface area contributed by atoms with Crippen molar-refractivity contribution in [2.24, 2.45) is 0 Å².